The van der Waals surface area contributed by atoms with Gasteiger partial charge in [-0.2, -0.15) is 0 Å². The van der Waals surface area contributed by atoms with Crippen molar-refractivity contribution in [3.63, 3.8) is 0 Å². The van der Waals surface area contributed by atoms with Crippen molar-refractivity contribution in [2.45, 2.75) is 64.5 Å². The van der Waals surface area contributed by atoms with Crippen molar-refractivity contribution in [2.24, 2.45) is 11.7 Å². The molecule has 0 aromatic carbocycles. The molecule has 0 spiro atoms. The Balaban J connectivity index is 0.00000256. The quantitative estimate of drug-likeness (QED) is 0.847. The smallest absolute Gasteiger partial charge is 0.239 e. The lowest BCUT2D eigenvalue weighted by atomic mass is 9.93. The molecular formula is C13H27ClN2O. The Labute approximate surface area is 112 Å². The number of carbonyl (C=O) groups excluding carboxylic acids is 1. The highest BCUT2D eigenvalue weighted by Gasteiger charge is 2.25. The summed E-state index contributed by atoms with van der Waals surface area (Å²) in [5, 5.41) is 0. The van der Waals surface area contributed by atoms with E-state index in [0.29, 0.717) is 12.0 Å². The van der Waals surface area contributed by atoms with E-state index in [1.807, 2.05) is 11.9 Å². The van der Waals surface area contributed by atoms with Crippen LogP contribution in [0.2, 0.25) is 0 Å². The number of likely N-dealkylation sites (N-methyl/N-ethyl adjacent to an activating group) is 1. The summed E-state index contributed by atoms with van der Waals surface area (Å²) in [6.07, 6.45) is 6.91. The van der Waals surface area contributed by atoms with Gasteiger partial charge in [0.25, 0.3) is 0 Å². The van der Waals surface area contributed by atoms with Gasteiger partial charge in [-0.1, -0.05) is 33.1 Å². The van der Waals surface area contributed by atoms with Crippen LogP contribution in [0.4, 0.5) is 0 Å². The molecule has 0 radical (unpaired) electrons. The summed E-state index contributed by atoms with van der Waals surface area (Å²) in [6.45, 7) is 4.21. The lowest BCUT2D eigenvalue weighted by Gasteiger charge is -2.33. The minimum Gasteiger partial charge on any atom is -0.341 e. The van der Waals surface area contributed by atoms with Gasteiger partial charge in [0, 0.05) is 13.1 Å². The predicted molar refractivity (Wildman–Crippen MR) is 74.3 cm³/mol. The first-order valence-electron chi connectivity index (χ1n) is 6.54. The van der Waals surface area contributed by atoms with E-state index in [4.69, 9.17) is 5.73 Å². The van der Waals surface area contributed by atoms with E-state index >= 15 is 0 Å². The van der Waals surface area contributed by atoms with Crippen molar-refractivity contribution in [2.75, 3.05) is 7.05 Å². The molecule has 1 saturated carbocycles. The lowest BCUT2D eigenvalue weighted by Crippen LogP contribution is -2.47. The van der Waals surface area contributed by atoms with Crippen molar-refractivity contribution in [3.8, 4) is 0 Å². The van der Waals surface area contributed by atoms with Gasteiger partial charge < -0.3 is 10.6 Å². The zero-order valence-corrected chi connectivity index (χ0v) is 12.1. The van der Waals surface area contributed by atoms with Gasteiger partial charge in [0.05, 0.1) is 6.04 Å². The van der Waals surface area contributed by atoms with Crippen LogP contribution in [0, 0.1) is 5.92 Å². The standard InChI is InChI=1S/C13H26N2O.ClH/c1-10(2)9-12(14)13(16)15(3)11-7-5-4-6-8-11;/h10-12H,4-9,14H2,1-3H3;1H/t12-;/m0./s1. The second-order valence-electron chi connectivity index (χ2n) is 5.48. The Kier molecular flexibility index (Phi) is 7.80. The van der Waals surface area contributed by atoms with Crippen molar-refractivity contribution in [3.05, 3.63) is 0 Å². The number of nitrogens with two attached hydrogens (primary N) is 1. The number of rotatable bonds is 4. The minimum atomic E-state index is -0.313. The number of nitrogens with zero attached hydrogens (tertiary/aromatic N) is 1. The number of hydrogen-bond donors (Lipinski definition) is 1. The van der Waals surface area contributed by atoms with E-state index in [1.165, 1.54) is 19.3 Å². The summed E-state index contributed by atoms with van der Waals surface area (Å²) in [5.74, 6) is 0.610. The monoisotopic (exact) mass is 262 g/mol. The Morgan fingerprint density at radius 3 is 2.29 bits per heavy atom. The molecule has 1 aliphatic carbocycles. The fraction of sp³-hybridized carbons (Fsp3) is 0.923. The van der Waals surface area contributed by atoms with Crippen molar-refractivity contribution >= 4 is 18.3 Å². The summed E-state index contributed by atoms with van der Waals surface area (Å²) >= 11 is 0. The molecule has 0 saturated heterocycles. The van der Waals surface area contributed by atoms with E-state index in [-0.39, 0.29) is 24.4 Å². The maximum absolute atomic E-state index is 12.1. The Bertz CT molecular complexity index is 227. The molecule has 1 atom stereocenters. The number of carbonyl (C=O) groups is 1. The summed E-state index contributed by atoms with van der Waals surface area (Å²) in [6, 6.07) is 0.117. The average Bonchev–Trinajstić information content (AvgIpc) is 2.27. The molecule has 0 unspecified atom stereocenters. The molecule has 17 heavy (non-hydrogen) atoms. The third-order valence-electron chi connectivity index (χ3n) is 3.51. The van der Waals surface area contributed by atoms with Crippen molar-refractivity contribution in [1.29, 1.82) is 0 Å². The fourth-order valence-electron chi connectivity index (χ4n) is 2.52. The van der Waals surface area contributed by atoms with Gasteiger partial charge in [0.15, 0.2) is 0 Å². The molecule has 1 fully saturated rings. The summed E-state index contributed by atoms with van der Waals surface area (Å²) in [5.41, 5.74) is 5.93. The maximum atomic E-state index is 12.1. The van der Waals surface area contributed by atoms with Crippen LogP contribution in [0.15, 0.2) is 0 Å². The number of amides is 1. The normalized spacial score (nSPS) is 18.6. The zero-order chi connectivity index (χ0) is 12.1. The molecule has 2 N–H and O–H groups in total. The van der Waals surface area contributed by atoms with Crippen LogP contribution in [-0.2, 0) is 4.79 Å². The first-order chi connectivity index (χ1) is 7.52. The molecule has 0 aliphatic heterocycles. The second kappa shape index (κ2) is 7.93. The molecule has 0 aromatic heterocycles. The first-order valence-corrected chi connectivity index (χ1v) is 6.54. The summed E-state index contributed by atoms with van der Waals surface area (Å²) < 4.78 is 0. The summed E-state index contributed by atoms with van der Waals surface area (Å²) in [7, 11) is 1.92. The van der Waals surface area contributed by atoms with Crippen LogP contribution in [-0.4, -0.2) is 29.9 Å². The van der Waals surface area contributed by atoms with Crippen molar-refractivity contribution in [1.82, 2.24) is 4.90 Å². The molecule has 0 aromatic rings. The highest BCUT2D eigenvalue weighted by molar-refractivity contribution is 5.85. The van der Waals surface area contributed by atoms with E-state index in [9.17, 15) is 4.79 Å². The Morgan fingerprint density at radius 2 is 1.82 bits per heavy atom. The zero-order valence-electron chi connectivity index (χ0n) is 11.3. The lowest BCUT2D eigenvalue weighted by molar-refractivity contribution is -0.134. The highest BCUT2D eigenvalue weighted by atomic mass is 35.5. The first kappa shape index (κ1) is 16.7. The second-order valence-corrected chi connectivity index (χ2v) is 5.48. The Hall–Kier alpha value is -0.280. The molecule has 1 rings (SSSR count). The third-order valence-corrected chi connectivity index (χ3v) is 3.51. The predicted octanol–water partition coefficient (Wildman–Crippen LogP) is 2.57. The topological polar surface area (TPSA) is 46.3 Å². The van der Waals surface area contributed by atoms with E-state index in [2.05, 4.69) is 13.8 Å². The molecule has 0 bridgehead atoms. The van der Waals surface area contributed by atoms with Crippen LogP contribution < -0.4 is 5.73 Å². The van der Waals surface area contributed by atoms with E-state index in [1.54, 1.807) is 0 Å². The van der Waals surface area contributed by atoms with Crippen LogP contribution in [0.25, 0.3) is 0 Å². The van der Waals surface area contributed by atoms with E-state index < -0.39 is 0 Å². The Morgan fingerprint density at radius 1 is 1.29 bits per heavy atom. The molecule has 1 aliphatic rings. The van der Waals surface area contributed by atoms with Crippen LogP contribution in [0.1, 0.15) is 52.4 Å². The average molecular weight is 263 g/mol. The molecule has 102 valence electrons. The molecule has 0 heterocycles. The number of halogens is 1. The highest BCUT2D eigenvalue weighted by Crippen LogP contribution is 2.22. The molecule has 1 amide bonds. The SMILES string of the molecule is CC(C)C[C@H](N)C(=O)N(C)C1CCCCC1.Cl. The minimum absolute atomic E-state index is 0. The third kappa shape index (κ3) is 5.26. The van der Waals surface area contributed by atoms with Gasteiger partial charge in [-0.15, -0.1) is 12.4 Å². The molecule has 3 nitrogen and oxygen atoms in total. The van der Waals surface area contributed by atoms with Crippen molar-refractivity contribution < 1.29 is 4.79 Å². The van der Waals surface area contributed by atoms with Gasteiger partial charge in [-0.3, -0.25) is 4.79 Å². The largest absolute Gasteiger partial charge is 0.341 e. The molecular weight excluding hydrogens is 236 g/mol. The fourth-order valence-corrected chi connectivity index (χ4v) is 2.52. The maximum Gasteiger partial charge on any atom is 0.239 e. The van der Waals surface area contributed by atoms with Crippen LogP contribution >= 0.6 is 12.4 Å². The molecule has 4 heteroatoms. The van der Waals surface area contributed by atoms with Gasteiger partial charge in [-0.25, -0.2) is 0 Å². The summed E-state index contributed by atoms with van der Waals surface area (Å²) in [4.78, 5) is 14.0. The van der Waals surface area contributed by atoms with Crippen LogP contribution in [0.5, 0.6) is 0 Å². The van der Waals surface area contributed by atoms with Gasteiger partial charge in [0.2, 0.25) is 5.91 Å². The van der Waals surface area contributed by atoms with Gasteiger partial charge in [0.1, 0.15) is 0 Å². The van der Waals surface area contributed by atoms with Gasteiger partial charge >= 0.3 is 0 Å². The van der Waals surface area contributed by atoms with Crippen LogP contribution in [0.3, 0.4) is 0 Å². The van der Waals surface area contributed by atoms with E-state index in [0.717, 1.165) is 19.3 Å². The van der Waals surface area contributed by atoms with Gasteiger partial charge in [-0.05, 0) is 25.2 Å². The number of hydrogen-bond acceptors (Lipinski definition) is 2.